The molecule has 0 radical (unpaired) electrons. The van der Waals surface area contributed by atoms with E-state index < -0.39 is 17.9 Å². The molecule has 7 nitrogen and oxygen atoms in total. The first-order valence-corrected chi connectivity index (χ1v) is 7.35. The average molecular weight is 300 g/mol. The Morgan fingerprint density at radius 3 is 2.62 bits per heavy atom. The summed E-state index contributed by atoms with van der Waals surface area (Å²) in [4.78, 5) is 27.6. The summed E-state index contributed by atoms with van der Waals surface area (Å²) >= 11 is 0. The Kier molecular flexibility index (Phi) is 4.73. The lowest BCUT2D eigenvalue weighted by Gasteiger charge is -2.45. The Bertz CT molecular complexity index is 412. The highest BCUT2D eigenvalue weighted by Gasteiger charge is 2.43. The molecule has 2 rings (SSSR count). The van der Waals surface area contributed by atoms with E-state index in [0.717, 1.165) is 0 Å². The van der Waals surface area contributed by atoms with Gasteiger partial charge in [-0.2, -0.15) is 0 Å². The second kappa shape index (κ2) is 6.19. The fourth-order valence-corrected chi connectivity index (χ4v) is 2.97. The SMILES string of the molecule is CCN(C(=O)N1CCOCC1(C)C)C1COCC1C(=O)O. The predicted molar refractivity (Wildman–Crippen MR) is 75.1 cm³/mol. The number of rotatable bonds is 3. The van der Waals surface area contributed by atoms with E-state index in [1.807, 2.05) is 20.8 Å². The normalized spacial score (nSPS) is 28.4. The molecule has 2 unspecified atom stereocenters. The number of carboxylic acids is 1. The van der Waals surface area contributed by atoms with Crippen LogP contribution >= 0.6 is 0 Å². The fourth-order valence-electron chi connectivity index (χ4n) is 2.97. The van der Waals surface area contributed by atoms with Gasteiger partial charge in [-0.1, -0.05) is 0 Å². The molecule has 0 aromatic heterocycles. The van der Waals surface area contributed by atoms with E-state index in [1.165, 1.54) is 0 Å². The molecule has 2 heterocycles. The van der Waals surface area contributed by atoms with Crippen molar-refractivity contribution in [1.82, 2.24) is 9.80 Å². The number of carbonyl (C=O) groups is 2. The van der Waals surface area contributed by atoms with Gasteiger partial charge in [-0.05, 0) is 20.8 Å². The summed E-state index contributed by atoms with van der Waals surface area (Å²) in [5.41, 5.74) is -0.388. The van der Waals surface area contributed by atoms with Gasteiger partial charge >= 0.3 is 12.0 Å². The third kappa shape index (κ3) is 3.13. The summed E-state index contributed by atoms with van der Waals surface area (Å²) in [6, 6.07) is -0.536. The van der Waals surface area contributed by atoms with E-state index in [4.69, 9.17) is 9.47 Å². The molecule has 0 saturated carbocycles. The van der Waals surface area contributed by atoms with Crippen LogP contribution in [0.1, 0.15) is 20.8 Å². The van der Waals surface area contributed by atoms with Crippen molar-refractivity contribution in [2.75, 3.05) is 39.5 Å². The van der Waals surface area contributed by atoms with E-state index in [1.54, 1.807) is 9.80 Å². The van der Waals surface area contributed by atoms with E-state index in [2.05, 4.69) is 0 Å². The predicted octanol–water partition coefficient (Wildman–Crippen LogP) is 0.639. The molecule has 0 aromatic carbocycles. The zero-order valence-electron chi connectivity index (χ0n) is 12.9. The van der Waals surface area contributed by atoms with Gasteiger partial charge in [-0.3, -0.25) is 4.79 Å². The van der Waals surface area contributed by atoms with Gasteiger partial charge in [0.15, 0.2) is 0 Å². The largest absolute Gasteiger partial charge is 0.481 e. The van der Waals surface area contributed by atoms with Gasteiger partial charge in [0.25, 0.3) is 0 Å². The molecule has 0 bridgehead atoms. The smallest absolute Gasteiger partial charge is 0.320 e. The Hall–Kier alpha value is -1.34. The van der Waals surface area contributed by atoms with Crippen molar-refractivity contribution in [2.24, 2.45) is 5.92 Å². The summed E-state index contributed by atoms with van der Waals surface area (Å²) in [6.07, 6.45) is 0. The third-order valence-corrected chi connectivity index (χ3v) is 4.23. The zero-order chi connectivity index (χ0) is 15.6. The Morgan fingerprint density at radius 1 is 1.33 bits per heavy atom. The highest BCUT2D eigenvalue weighted by atomic mass is 16.5. The van der Waals surface area contributed by atoms with Gasteiger partial charge in [0.05, 0.1) is 38.0 Å². The minimum absolute atomic E-state index is 0.132. The number of hydrogen-bond acceptors (Lipinski definition) is 4. The van der Waals surface area contributed by atoms with Gasteiger partial charge in [-0.15, -0.1) is 0 Å². The van der Waals surface area contributed by atoms with Crippen LogP contribution in [0.15, 0.2) is 0 Å². The first-order valence-electron chi connectivity index (χ1n) is 7.35. The van der Waals surface area contributed by atoms with Crippen LogP contribution in [-0.2, 0) is 14.3 Å². The maximum Gasteiger partial charge on any atom is 0.320 e. The molecule has 21 heavy (non-hydrogen) atoms. The summed E-state index contributed by atoms with van der Waals surface area (Å²) < 4.78 is 10.7. The lowest BCUT2D eigenvalue weighted by molar-refractivity contribution is -0.142. The maximum atomic E-state index is 12.8. The lowest BCUT2D eigenvalue weighted by atomic mass is 10.0. The van der Waals surface area contributed by atoms with Crippen molar-refractivity contribution in [3.8, 4) is 0 Å². The molecule has 2 aliphatic rings. The molecule has 7 heteroatoms. The molecule has 2 amide bonds. The molecule has 2 aliphatic heterocycles. The molecule has 2 saturated heterocycles. The highest BCUT2D eigenvalue weighted by Crippen LogP contribution is 2.25. The van der Waals surface area contributed by atoms with Gasteiger partial charge in [-0.25, -0.2) is 4.79 Å². The zero-order valence-corrected chi connectivity index (χ0v) is 12.9. The molecular formula is C14H24N2O5. The Balaban J connectivity index is 2.16. The summed E-state index contributed by atoms with van der Waals surface area (Å²) in [5.74, 6) is -1.57. The van der Waals surface area contributed by atoms with E-state index in [-0.39, 0.29) is 24.8 Å². The number of aliphatic carboxylic acids is 1. The van der Waals surface area contributed by atoms with Gasteiger partial charge in [0.2, 0.25) is 0 Å². The number of carboxylic acid groups (broad SMARTS) is 1. The molecule has 0 aliphatic carbocycles. The van der Waals surface area contributed by atoms with Crippen molar-refractivity contribution >= 4 is 12.0 Å². The highest BCUT2D eigenvalue weighted by molar-refractivity contribution is 5.78. The molecule has 0 aromatic rings. The monoisotopic (exact) mass is 300 g/mol. The number of amides is 2. The molecule has 2 fully saturated rings. The van der Waals surface area contributed by atoms with Crippen LogP contribution in [0.5, 0.6) is 0 Å². The van der Waals surface area contributed by atoms with Crippen molar-refractivity contribution in [1.29, 1.82) is 0 Å². The molecule has 120 valence electrons. The van der Waals surface area contributed by atoms with Crippen LogP contribution in [0.4, 0.5) is 4.79 Å². The number of carbonyl (C=O) groups excluding carboxylic acids is 1. The number of nitrogens with zero attached hydrogens (tertiary/aromatic N) is 2. The van der Waals surface area contributed by atoms with Crippen LogP contribution in [0.2, 0.25) is 0 Å². The summed E-state index contributed by atoms with van der Waals surface area (Å²) in [5, 5.41) is 9.27. The van der Waals surface area contributed by atoms with Crippen molar-refractivity contribution < 1.29 is 24.2 Å². The quantitative estimate of drug-likeness (QED) is 0.827. The van der Waals surface area contributed by atoms with Gasteiger partial charge in [0, 0.05) is 13.1 Å². The number of hydrogen-bond donors (Lipinski definition) is 1. The number of morpholine rings is 1. The molecule has 0 spiro atoms. The Labute approximate surface area is 124 Å². The molecule has 2 atom stereocenters. The summed E-state index contributed by atoms with van der Waals surface area (Å²) in [6.45, 7) is 8.20. The topological polar surface area (TPSA) is 79.3 Å². The molecule has 1 N–H and O–H groups in total. The number of likely N-dealkylation sites (N-methyl/N-ethyl adjacent to an activating group) is 1. The van der Waals surface area contributed by atoms with E-state index in [9.17, 15) is 14.7 Å². The standard InChI is InChI=1S/C14H24N2O5/c1-4-15(11-8-21-7-10(11)12(17)18)13(19)16-5-6-20-9-14(16,2)3/h10-11H,4-9H2,1-3H3,(H,17,18). The summed E-state index contributed by atoms with van der Waals surface area (Å²) in [7, 11) is 0. The maximum absolute atomic E-state index is 12.8. The minimum atomic E-state index is -0.912. The lowest BCUT2D eigenvalue weighted by Crippen LogP contribution is -2.61. The van der Waals surface area contributed by atoms with Crippen LogP contribution in [0.25, 0.3) is 0 Å². The molecular weight excluding hydrogens is 276 g/mol. The van der Waals surface area contributed by atoms with Crippen molar-refractivity contribution in [3.05, 3.63) is 0 Å². The van der Waals surface area contributed by atoms with Crippen LogP contribution in [-0.4, -0.2) is 78.0 Å². The number of ether oxygens (including phenoxy) is 2. The fraction of sp³-hybridized carbons (Fsp3) is 0.857. The second-order valence-corrected chi connectivity index (χ2v) is 6.13. The Morgan fingerprint density at radius 2 is 2.05 bits per heavy atom. The van der Waals surface area contributed by atoms with E-state index >= 15 is 0 Å². The first kappa shape index (κ1) is 16.0. The first-order chi connectivity index (χ1) is 9.88. The van der Waals surface area contributed by atoms with Crippen molar-refractivity contribution in [3.63, 3.8) is 0 Å². The van der Waals surface area contributed by atoms with E-state index in [0.29, 0.717) is 26.3 Å². The van der Waals surface area contributed by atoms with Crippen LogP contribution < -0.4 is 0 Å². The number of urea groups is 1. The van der Waals surface area contributed by atoms with Crippen LogP contribution in [0.3, 0.4) is 0 Å². The van der Waals surface area contributed by atoms with Crippen molar-refractivity contribution in [2.45, 2.75) is 32.4 Å². The average Bonchev–Trinajstić information content (AvgIpc) is 2.88. The van der Waals surface area contributed by atoms with Crippen LogP contribution in [0, 0.1) is 5.92 Å². The van der Waals surface area contributed by atoms with Gasteiger partial charge in [0.1, 0.15) is 5.92 Å². The van der Waals surface area contributed by atoms with Gasteiger partial charge < -0.3 is 24.4 Å². The minimum Gasteiger partial charge on any atom is -0.481 e. The second-order valence-electron chi connectivity index (χ2n) is 6.13. The third-order valence-electron chi connectivity index (χ3n) is 4.23.